The monoisotopic (exact) mass is 335 g/mol. The summed E-state index contributed by atoms with van der Waals surface area (Å²) in [5, 5.41) is 3.28. The van der Waals surface area contributed by atoms with Crippen LogP contribution in [0.4, 0.5) is 18.9 Å². The molecule has 0 atom stereocenters. The van der Waals surface area contributed by atoms with Gasteiger partial charge < -0.3 is 10.1 Å². The zero-order chi connectivity index (χ0) is 15.4. The molecule has 0 aromatic heterocycles. The third-order valence-electron chi connectivity index (χ3n) is 2.64. The van der Waals surface area contributed by atoms with Gasteiger partial charge in [-0.05, 0) is 36.4 Å². The van der Waals surface area contributed by atoms with Crippen molar-refractivity contribution in [3.8, 4) is 5.75 Å². The summed E-state index contributed by atoms with van der Waals surface area (Å²) < 4.78 is 42.4. The summed E-state index contributed by atoms with van der Waals surface area (Å²) in [7, 11) is 0. The first-order valence-corrected chi connectivity index (χ1v) is 6.63. The second kappa shape index (κ2) is 6.91. The van der Waals surface area contributed by atoms with Gasteiger partial charge in [0.25, 0.3) is 0 Å². The predicted molar refractivity (Wildman–Crippen MR) is 76.8 cm³/mol. The van der Waals surface area contributed by atoms with Crippen LogP contribution >= 0.6 is 23.2 Å². The van der Waals surface area contributed by atoms with Crippen LogP contribution in [0, 0.1) is 5.82 Å². The summed E-state index contributed by atoms with van der Waals surface area (Å²) in [6, 6.07) is 8.48. The van der Waals surface area contributed by atoms with Gasteiger partial charge in [0, 0.05) is 22.8 Å². The number of hydrogen-bond acceptors (Lipinski definition) is 2. The number of hydrogen-bond donors (Lipinski definition) is 1. The van der Waals surface area contributed by atoms with Crippen molar-refractivity contribution >= 4 is 28.9 Å². The molecule has 0 saturated carbocycles. The minimum absolute atomic E-state index is 0.00466. The van der Waals surface area contributed by atoms with E-state index in [-0.39, 0.29) is 17.3 Å². The Bertz CT molecular complexity index is 638. The SMILES string of the molecule is Fc1cc(NCc2cc(Cl)ccc2OC(F)F)ccc1Cl. The minimum atomic E-state index is -2.93. The van der Waals surface area contributed by atoms with Crippen molar-refractivity contribution in [2.75, 3.05) is 5.32 Å². The Labute approximate surface area is 129 Å². The maximum Gasteiger partial charge on any atom is 0.387 e. The highest BCUT2D eigenvalue weighted by Gasteiger charge is 2.10. The molecule has 0 fully saturated rings. The molecule has 112 valence electrons. The van der Waals surface area contributed by atoms with Crippen molar-refractivity contribution in [3.05, 3.63) is 57.8 Å². The lowest BCUT2D eigenvalue weighted by Gasteiger charge is -2.13. The Kier molecular flexibility index (Phi) is 5.20. The van der Waals surface area contributed by atoms with E-state index in [9.17, 15) is 13.2 Å². The van der Waals surface area contributed by atoms with E-state index >= 15 is 0 Å². The molecule has 21 heavy (non-hydrogen) atoms. The molecular formula is C14H10Cl2F3NO. The summed E-state index contributed by atoms with van der Waals surface area (Å²) in [5.41, 5.74) is 0.887. The van der Waals surface area contributed by atoms with Gasteiger partial charge in [-0.2, -0.15) is 8.78 Å². The van der Waals surface area contributed by atoms with Gasteiger partial charge in [0.1, 0.15) is 11.6 Å². The van der Waals surface area contributed by atoms with Crippen LogP contribution < -0.4 is 10.1 Å². The molecule has 0 unspecified atom stereocenters. The summed E-state index contributed by atoms with van der Waals surface area (Å²) >= 11 is 11.4. The molecule has 0 aliphatic carbocycles. The second-order valence-electron chi connectivity index (χ2n) is 4.11. The largest absolute Gasteiger partial charge is 0.434 e. The van der Waals surface area contributed by atoms with E-state index in [1.807, 2.05) is 0 Å². The molecule has 2 rings (SSSR count). The van der Waals surface area contributed by atoms with Gasteiger partial charge in [0.05, 0.1) is 5.02 Å². The molecule has 0 amide bonds. The highest BCUT2D eigenvalue weighted by atomic mass is 35.5. The first kappa shape index (κ1) is 15.8. The van der Waals surface area contributed by atoms with Gasteiger partial charge in [-0.3, -0.25) is 0 Å². The number of nitrogens with one attached hydrogen (secondary N) is 1. The average Bonchev–Trinajstić information content (AvgIpc) is 2.42. The van der Waals surface area contributed by atoms with E-state index in [1.165, 1.54) is 30.3 Å². The molecule has 0 radical (unpaired) electrons. The lowest BCUT2D eigenvalue weighted by Crippen LogP contribution is -2.07. The van der Waals surface area contributed by atoms with Gasteiger partial charge in [-0.1, -0.05) is 23.2 Å². The van der Waals surface area contributed by atoms with Crippen molar-refractivity contribution in [2.45, 2.75) is 13.2 Å². The lowest BCUT2D eigenvalue weighted by molar-refractivity contribution is -0.0504. The van der Waals surface area contributed by atoms with E-state index < -0.39 is 12.4 Å². The topological polar surface area (TPSA) is 21.3 Å². The predicted octanol–water partition coefficient (Wildman–Crippen LogP) is 5.35. The van der Waals surface area contributed by atoms with E-state index in [4.69, 9.17) is 23.2 Å². The molecule has 0 saturated heterocycles. The fraction of sp³-hybridized carbons (Fsp3) is 0.143. The Morgan fingerprint density at radius 1 is 1.10 bits per heavy atom. The highest BCUT2D eigenvalue weighted by molar-refractivity contribution is 6.31. The average molecular weight is 336 g/mol. The maximum absolute atomic E-state index is 13.3. The summed E-state index contributed by atoms with van der Waals surface area (Å²) in [6.07, 6.45) is 0. The third kappa shape index (κ3) is 4.44. The van der Waals surface area contributed by atoms with Crippen LogP contribution in [0.2, 0.25) is 10.0 Å². The molecule has 0 aliphatic heterocycles. The molecule has 0 bridgehead atoms. The van der Waals surface area contributed by atoms with Crippen molar-refractivity contribution < 1.29 is 17.9 Å². The molecule has 0 spiro atoms. The number of anilines is 1. The fourth-order valence-corrected chi connectivity index (χ4v) is 2.01. The van der Waals surface area contributed by atoms with E-state index in [1.54, 1.807) is 6.07 Å². The molecule has 2 nitrogen and oxygen atoms in total. The van der Waals surface area contributed by atoms with E-state index in [2.05, 4.69) is 10.1 Å². The normalized spacial score (nSPS) is 10.8. The molecule has 1 N–H and O–H groups in total. The van der Waals surface area contributed by atoms with Gasteiger partial charge in [0.15, 0.2) is 0 Å². The molecule has 7 heteroatoms. The Morgan fingerprint density at radius 2 is 1.86 bits per heavy atom. The van der Waals surface area contributed by atoms with Crippen LogP contribution in [-0.4, -0.2) is 6.61 Å². The van der Waals surface area contributed by atoms with Crippen molar-refractivity contribution in [2.24, 2.45) is 0 Å². The summed E-state index contributed by atoms with van der Waals surface area (Å²) in [5.74, 6) is -0.562. The second-order valence-corrected chi connectivity index (χ2v) is 4.96. The standard InChI is InChI=1S/C14H10Cl2F3NO/c15-9-1-4-13(21-14(18)19)8(5-9)7-20-10-2-3-11(16)12(17)6-10/h1-6,14,20H,7H2. The fourth-order valence-electron chi connectivity index (χ4n) is 1.70. The Balaban J connectivity index is 2.14. The molecule has 0 aliphatic rings. The van der Waals surface area contributed by atoms with Gasteiger partial charge in [0.2, 0.25) is 0 Å². The maximum atomic E-state index is 13.3. The first-order chi connectivity index (χ1) is 9.95. The van der Waals surface area contributed by atoms with Crippen molar-refractivity contribution in [1.82, 2.24) is 0 Å². The van der Waals surface area contributed by atoms with E-state index in [0.717, 1.165) is 0 Å². The number of benzene rings is 2. The minimum Gasteiger partial charge on any atom is -0.434 e. The van der Waals surface area contributed by atoms with Gasteiger partial charge in [-0.15, -0.1) is 0 Å². The van der Waals surface area contributed by atoms with Gasteiger partial charge in [-0.25, -0.2) is 4.39 Å². The number of rotatable bonds is 5. The number of halogens is 5. The van der Waals surface area contributed by atoms with Crippen LogP contribution in [-0.2, 0) is 6.54 Å². The van der Waals surface area contributed by atoms with Crippen LogP contribution in [0.3, 0.4) is 0 Å². The molecule has 2 aromatic carbocycles. The zero-order valence-corrected chi connectivity index (χ0v) is 12.1. The third-order valence-corrected chi connectivity index (χ3v) is 3.18. The highest BCUT2D eigenvalue weighted by Crippen LogP contribution is 2.26. The van der Waals surface area contributed by atoms with Crippen LogP contribution in [0.5, 0.6) is 5.75 Å². The molecule has 2 aromatic rings. The van der Waals surface area contributed by atoms with Crippen molar-refractivity contribution in [3.63, 3.8) is 0 Å². The summed E-state index contributed by atoms with van der Waals surface area (Å²) in [4.78, 5) is 0. The first-order valence-electron chi connectivity index (χ1n) is 5.88. The zero-order valence-electron chi connectivity index (χ0n) is 10.5. The van der Waals surface area contributed by atoms with Crippen LogP contribution in [0.15, 0.2) is 36.4 Å². The number of alkyl halides is 2. The number of ether oxygens (including phenoxy) is 1. The van der Waals surface area contributed by atoms with Crippen LogP contribution in [0.25, 0.3) is 0 Å². The molecule has 0 heterocycles. The smallest absolute Gasteiger partial charge is 0.387 e. The molecular weight excluding hydrogens is 326 g/mol. The van der Waals surface area contributed by atoms with Crippen molar-refractivity contribution in [1.29, 1.82) is 0 Å². The summed E-state index contributed by atoms with van der Waals surface area (Å²) in [6.45, 7) is -2.79. The van der Waals surface area contributed by atoms with Crippen LogP contribution in [0.1, 0.15) is 5.56 Å². The lowest BCUT2D eigenvalue weighted by atomic mass is 10.2. The Hall–Kier alpha value is -1.59. The van der Waals surface area contributed by atoms with Gasteiger partial charge >= 0.3 is 6.61 Å². The van der Waals surface area contributed by atoms with E-state index in [0.29, 0.717) is 16.3 Å². The quantitative estimate of drug-likeness (QED) is 0.795. The Morgan fingerprint density at radius 3 is 2.52 bits per heavy atom.